The predicted molar refractivity (Wildman–Crippen MR) is 62.0 cm³/mol. The Balaban J connectivity index is 2.24. The van der Waals surface area contributed by atoms with E-state index in [-0.39, 0.29) is 24.7 Å². The van der Waals surface area contributed by atoms with E-state index in [1.165, 1.54) is 12.1 Å². The molecule has 0 radical (unpaired) electrons. The second-order valence-electron chi connectivity index (χ2n) is 4.09. The lowest BCUT2D eigenvalue weighted by Gasteiger charge is -2.25. The monoisotopic (exact) mass is 275 g/mol. The number of halogens is 1. The Hall–Kier alpha value is -1.02. The fourth-order valence-corrected chi connectivity index (χ4v) is 3.18. The first-order valence-electron chi connectivity index (χ1n) is 5.47. The summed E-state index contributed by atoms with van der Waals surface area (Å²) in [5, 5.41) is -0.634. The summed E-state index contributed by atoms with van der Waals surface area (Å²) in [5.74, 6) is 4.14. The number of hydrogen-bond acceptors (Lipinski definition) is 5. The van der Waals surface area contributed by atoms with E-state index in [1.54, 1.807) is 6.07 Å². The van der Waals surface area contributed by atoms with Gasteiger partial charge in [-0.25, -0.2) is 18.7 Å². The molecule has 1 heterocycles. The Morgan fingerprint density at radius 3 is 2.67 bits per heavy atom. The highest BCUT2D eigenvalue weighted by Gasteiger charge is 2.35. The zero-order valence-corrected chi connectivity index (χ0v) is 10.5. The largest absolute Gasteiger partial charge is 0.379 e. The number of rotatable bonds is 5. The molecule has 2 rings (SSSR count). The summed E-state index contributed by atoms with van der Waals surface area (Å²) in [6, 6.07) is 4.05. The maximum absolute atomic E-state index is 13.8. The molecule has 0 bridgehead atoms. The van der Waals surface area contributed by atoms with Crippen molar-refractivity contribution in [3.05, 3.63) is 29.6 Å². The van der Waals surface area contributed by atoms with Crippen molar-refractivity contribution in [1.82, 2.24) is 0 Å². The average Bonchev–Trinajstić information content (AvgIpc) is 2.22. The van der Waals surface area contributed by atoms with E-state index in [0.717, 1.165) is 0 Å². The molecule has 2 N–H and O–H groups in total. The topological polar surface area (TPSA) is 78.6 Å². The fraction of sp³-hybridized carbons (Fsp3) is 0.455. The van der Waals surface area contributed by atoms with Crippen LogP contribution in [-0.2, 0) is 25.8 Å². The third-order valence-electron chi connectivity index (χ3n) is 2.86. The van der Waals surface area contributed by atoms with Crippen molar-refractivity contribution in [1.29, 1.82) is 0 Å². The van der Waals surface area contributed by atoms with E-state index in [1.807, 2.05) is 0 Å². The molecule has 18 heavy (non-hydrogen) atoms. The van der Waals surface area contributed by atoms with Crippen molar-refractivity contribution in [2.75, 3.05) is 19.8 Å². The van der Waals surface area contributed by atoms with Crippen molar-refractivity contribution >= 4 is 9.84 Å². The van der Waals surface area contributed by atoms with Gasteiger partial charge in [0.15, 0.2) is 9.84 Å². The number of benzene rings is 1. The first-order valence-corrected chi connectivity index (χ1v) is 7.02. The Bertz CT molecular complexity index is 528. The van der Waals surface area contributed by atoms with Gasteiger partial charge >= 0.3 is 0 Å². The van der Waals surface area contributed by atoms with Crippen LogP contribution in [0, 0.1) is 5.82 Å². The SMILES string of the molecule is NOCCc1ccc(S(=O)(=O)C2COC2)c(F)c1. The van der Waals surface area contributed by atoms with Gasteiger partial charge in [0.2, 0.25) is 0 Å². The Labute approximate surface area is 105 Å². The maximum Gasteiger partial charge on any atom is 0.188 e. The van der Waals surface area contributed by atoms with E-state index in [4.69, 9.17) is 10.6 Å². The van der Waals surface area contributed by atoms with Gasteiger partial charge < -0.3 is 9.57 Å². The Morgan fingerprint density at radius 2 is 2.17 bits per heavy atom. The second kappa shape index (κ2) is 5.31. The van der Waals surface area contributed by atoms with E-state index in [9.17, 15) is 12.8 Å². The average molecular weight is 275 g/mol. The van der Waals surface area contributed by atoms with Gasteiger partial charge in [-0.05, 0) is 24.1 Å². The highest BCUT2D eigenvalue weighted by atomic mass is 32.2. The third-order valence-corrected chi connectivity index (χ3v) is 4.95. The minimum absolute atomic E-state index is 0.130. The summed E-state index contributed by atoms with van der Waals surface area (Å²) in [7, 11) is -3.63. The standard InChI is InChI=1S/C11H14FNO4S/c12-10-5-8(3-4-17-13)1-2-11(10)18(14,15)9-6-16-7-9/h1-2,5,9H,3-4,6-7,13H2. The minimum Gasteiger partial charge on any atom is -0.379 e. The summed E-state index contributed by atoms with van der Waals surface area (Å²) in [6.07, 6.45) is 0.431. The zero-order chi connectivity index (χ0) is 13.2. The lowest BCUT2D eigenvalue weighted by molar-refractivity contribution is 0.0415. The van der Waals surface area contributed by atoms with Crippen LogP contribution in [0.15, 0.2) is 23.1 Å². The van der Waals surface area contributed by atoms with Gasteiger partial charge in [-0.1, -0.05) is 6.07 Å². The lowest BCUT2D eigenvalue weighted by atomic mass is 10.1. The molecular formula is C11H14FNO4S. The summed E-state index contributed by atoms with van der Waals surface area (Å²) in [6.45, 7) is 0.511. The number of sulfone groups is 1. The predicted octanol–water partition coefficient (Wildman–Crippen LogP) is 0.431. The van der Waals surface area contributed by atoms with Crippen LogP contribution < -0.4 is 5.90 Å². The lowest BCUT2D eigenvalue weighted by Crippen LogP contribution is -2.40. The molecule has 1 aliphatic heterocycles. The summed E-state index contributed by atoms with van der Waals surface area (Å²) >= 11 is 0. The van der Waals surface area contributed by atoms with Crippen LogP contribution in [0.3, 0.4) is 0 Å². The second-order valence-corrected chi connectivity index (χ2v) is 6.29. The molecule has 0 aromatic heterocycles. The molecule has 1 aliphatic rings. The molecule has 0 amide bonds. The Morgan fingerprint density at radius 1 is 1.44 bits per heavy atom. The van der Waals surface area contributed by atoms with Crippen LogP contribution in [0.25, 0.3) is 0 Å². The van der Waals surface area contributed by atoms with Crippen LogP contribution in [0.1, 0.15) is 5.56 Å². The van der Waals surface area contributed by atoms with E-state index < -0.39 is 20.9 Å². The summed E-state index contributed by atoms with van der Waals surface area (Å²) < 4.78 is 42.6. The minimum atomic E-state index is -3.63. The molecule has 1 saturated heterocycles. The molecule has 100 valence electrons. The van der Waals surface area contributed by atoms with Crippen LogP contribution in [0.5, 0.6) is 0 Å². The van der Waals surface area contributed by atoms with Gasteiger partial charge in [-0.3, -0.25) is 0 Å². The number of nitrogens with two attached hydrogens (primary N) is 1. The summed E-state index contributed by atoms with van der Waals surface area (Å²) in [5.41, 5.74) is 0.641. The van der Waals surface area contributed by atoms with Gasteiger partial charge in [-0.15, -0.1) is 0 Å². The van der Waals surface area contributed by atoms with Gasteiger partial charge in [0.1, 0.15) is 16.0 Å². The van der Waals surface area contributed by atoms with Crippen LogP contribution in [0.4, 0.5) is 4.39 Å². The van der Waals surface area contributed by atoms with Gasteiger partial charge in [0.25, 0.3) is 0 Å². The van der Waals surface area contributed by atoms with Crippen LogP contribution in [0.2, 0.25) is 0 Å². The molecule has 0 aliphatic carbocycles. The highest BCUT2D eigenvalue weighted by Crippen LogP contribution is 2.24. The molecule has 1 fully saturated rings. The van der Waals surface area contributed by atoms with E-state index in [0.29, 0.717) is 12.0 Å². The molecule has 0 spiro atoms. The maximum atomic E-state index is 13.8. The molecule has 0 unspecified atom stereocenters. The first kappa shape index (κ1) is 13.4. The zero-order valence-electron chi connectivity index (χ0n) is 9.63. The van der Waals surface area contributed by atoms with Crippen molar-refractivity contribution in [2.45, 2.75) is 16.6 Å². The molecule has 1 aromatic carbocycles. The third kappa shape index (κ3) is 2.54. The smallest absolute Gasteiger partial charge is 0.188 e. The normalized spacial score (nSPS) is 16.6. The molecule has 5 nitrogen and oxygen atoms in total. The van der Waals surface area contributed by atoms with Crippen LogP contribution in [-0.4, -0.2) is 33.5 Å². The van der Waals surface area contributed by atoms with Gasteiger partial charge in [0, 0.05) is 0 Å². The first-order chi connectivity index (χ1) is 8.55. The number of hydrogen-bond donors (Lipinski definition) is 1. The molecule has 0 atom stereocenters. The summed E-state index contributed by atoms with van der Waals surface area (Å²) in [4.78, 5) is 4.12. The van der Waals surface area contributed by atoms with E-state index >= 15 is 0 Å². The molecule has 1 aromatic rings. The van der Waals surface area contributed by atoms with Gasteiger partial charge in [-0.2, -0.15) is 0 Å². The number of ether oxygens (including phenoxy) is 1. The van der Waals surface area contributed by atoms with Crippen molar-refractivity contribution in [2.24, 2.45) is 5.90 Å². The fourth-order valence-electron chi connectivity index (χ4n) is 1.68. The van der Waals surface area contributed by atoms with Crippen molar-refractivity contribution in [3.8, 4) is 0 Å². The van der Waals surface area contributed by atoms with Crippen molar-refractivity contribution < 1.29 is 22.4 Å². The highest BCUT2D eigenvalue weighted by molar-refractivity contribution is 7.92. The molecular weight excluding hydrogens is 261 g/mol. The van der Waals surface area contributed by atoms with E-state index in [2.05, 4.69) is 4.84 Å². The molecule has 0 saturated carbocycles. The van der Waals surface area contributed by atoms with Crippen LogP contribution >= 0.6 is 0 Å². The van der Waals surface area contributed by atoms with Crippen molar-refractivity contribution in [3.63, 3.8) is 0 Å². The Kier molecular flexibility index (Phi) is 3.96. The quantitative estimate of drug-likeness (QED) is 0.788. The molecule has 7 heteroatoms. The van der Waals surface area contributed by atoms with Gasteiger partial charge in [0.05, 0.1) is 19.8 Å².